The second kappa shape index (κ2) is 3.99. The van der Waals surface area contributed by atoms with Gasteiger partial charge in [-0.1, -0.05) is 30.3 Å². The molecule has 0 aliphatic rings. The molecule has 64 valence electrons. The fourth-order valence-electron chi connectivity index (χ4n) is 0.947. The van der Waals surface area contributed by atoms with Crippen molar-refractivity contribution in [2.45, 2.75) is 12.1 Å². The van der Waals surface area contributed by atoms with Gasteiger partial charge in [0.2, 0.25) is 0 Å². The molecular formula is C9H11NO2. The SMILES string of the molecule is N[C@H](C=O)C(O)c1ccccc1. The van der Waals surface area contributed by atoms with Crippen molar-refractivity contribution in [3.63, 3.8) is 0 Å². The van der Waals surface area contributed by atoms with E-state index < -0.39 is 12.1 Å². The van der Waals surface area contributed by atoms with Gasteiger partial charge in [0, 0.05) is 0 Å². The molecule has 1 aromatic carbocycles. The van der Waals surface area contributed by atoms with Crippen LogP contribution in [0.3, 0.4) is 0 Å². The smallest absolute Gasteiger partial charge is 0.139 e. The molecule has 0 fully saturated rings. The molecule has 3 heteroatoms. The molecule has 1 rings (SSSR count). The van der Waals surface area contributed by atoms with Gasteiger partial charge in [-0.2, -0.15) is 0 Å². The molecule has 1 unspecified atom stereocenters. The number of aliphatic hydroxyl groups excluding tert-OH is 1. The van der Waals surface area contributed by atoms with Crippen LogP contribution in [0.15, 0.2) is 30.3 Å². The van der Waals surface area contributed by atoms with Crippen LogP contribution >= 0.6 is 0 Å². The van der Waals surface area contributed by atoms with Crippen molar-refractivity contribution in [2.24, 2.45) is 5.73 Å². The van der Waals surface area contributed by atoms with Crippen molar-refractivity contribution >= 4 is 6.29 Å². The van der Waals surface area contributed by atoms with Crippen LogP contribution < -0.4 is 5.73 Å². The van der Waals surface area contributed by atoms with Crippen LogP contribution in [0.25, 0.3) is 0 Å². The van der Waals surface area contributed by atoms with E-state index in [9.17, 15) is 9.90 Å². The summed E-state index contributed by atoms with van der Waals surface area (Å²) in [7, 11) is 0. The average Bonchev–Trinajstić information content (AvgIpc) is 2.17. The van der Waals surface area contributed by atoms with Gasteiger partial charge >= 0.3 is 0 Å². The first-order chi connectivity index (χ1) is 5.75. The third kappa shape index (κ3) is 1.90. The Kier molecular flexibility index (Phi) is 2.96. The minimum absolute atomic E-state index is 0.539. The van der Waals surface area contributed by atoms with E-state index in [0.717, 1.165) is 0 Å². The zero-order valence-electron chi connectivity index (χ0n) is 6.55. The van der Waals surface area contributed by atoms with E-state index in [4.69, 9.17) is 5.73 Å². The van der Waals surface area contributed by atoms with E-state index in [1.54, 1.807) is 24.3 Å². The molecule has 0 spiro atoms. The lowest BCUT2D eigenvalue weighted by Crippen LogP contribution is -2.29. The van der Waals surface area contributed by atoms with Crippen LogP contribution in [-0.4, -0.2) is 17.4 Å². The molecule has 12 heavy (non-hydrogen) atoms. The van der Waals surface area contributed by atoms with Crippen LogP contribution in [0.4, 0.5) is 0 Å². The fourth-order valence-corrected chi connectivity index (χ4v) is 0.947. The van der Waals surface area contributed by atoms with Crippen LogP contribution in [0.5, 0.6) is 0 Å². The van der Waals surface area contributed by atoms with E-state index in [-0.39, 0.29) is 0 Å². The maximum Gasteiger partial charge on any atom is 0.139 e. The van der Waals surface area contributed by atoms with Gasteiger partial charge in [-0.3, -0.25) is 0 Å². The molecule has 0 aliphatic carbocycles. The van der Waals surface area contributed by atoms with Gasteiger partial charge < -0.3 is 15.6 Å². The quantitative estimate of drug-likeness (QED) is 0.631. The highest BCUT2D eigenvalue weighted by Gasteiger charge is 2.14. The summed E-state index contributed by atoms with van der Waals surface area (Å²) < 4.78 is 0. The largest absolute Gasteiger partial charge is 0.386 e. The molecule has 0 aromatic heterocycles. The molecule has 0 saturated heterocycles. The molecule has 0 heterocycles. The predicted octanol–water partition coefficient (Wildman–Crippen LogP) is 0.246. The predicted molar refractivity (Wildman–Crippen MR) is 45.4 cm³/mol. The number of carbonyl (C=O) groups excluding carboxylic acids is 1. The summed E-state index contributed by atoms with van der Waals surface area (Å²) in [6.07, 6.45) is -0.360. The summed E-state index contributed by atoms with van der Waals surface area (Å²) >= 11 is 0. The van der Waals surface area contributed by atoms with Crippen molar-refractivity contribution in [1.82, 2.24) is 0 Å². The topological polar surface area (TPSA) is 63.3 Å². The average molecular weight is 165 g/mol. The summed E-state index contributed by atoms with van der Waals surface area (Å²) in [5.74, 6) is 0. The molecule has 0 bridgehead atoms. The van der Waals surface area contributed by atoms with E-state index in [0.29, 0.717) is 11.8 Å². The number of hydrogen-bond acceptors (Lipinski definition) is 3. The Morgan fingerprint density at radius 1 is 1.33 bits per heavy atom. The van der Waals surface area contributed by atoms with Gasteiger partial charge in [0.05, 0.1) is 6.04 Å². The maximum absolute atomic E-state index is 10.2. The number of carbonyl (C=O) groups is 1. The zero-order valence-corrected chi connectivity index (χ0v) is 6.55. The van der Waals surface area contributed by atoms with Crippen molar-refractivity contribution in [1.29, 1.82) is 0 Å². The molecule has 1 aromatic rings. The van der Waals surface area contributed by atoms with Crippen LogP contribution in [0, 0.1) is 0 Å². The summed E-state index contributed by atoms with van der Waals surface area (Å²) in [5, 5.41) is 9.43. The van der Waals surface area contributed by atoms with E-state index >= 15 is 0 Å². The Morgan fingerprint density at radius 3 is 2.42 bits per heavy atom. The first-order valence-corrected chi connectivity index (χ1v) is 3.69. The molecule has 2 atom stereocenters. The lowest BCUT2D eigenvalue weighted by Gasteiger charge is -2.12. The molecule has 0 aliphatic heterocycles. The summed E-state index contributed by atoms with van der Waals surface area (Å²) in [4.78, 5) is 10.2. The zero-order chi connectivity index (χ0) is 8.97. The Balaban J connectivity index is 2.78. The molecule has 0 saturated carbocycles. The molecule has 0 radical (unpaired) electrons. The van der Waals surface area contributed by atoms with Crippen molar-refractivity contribution in [2.75, 3.05) is 0 Å². The van der Waals surface area contributed by atoms with Crippen LogP contribution in [-0.2, 0) is 4.79 Å². The van der Waals surface area contributed by atoms with Gasteiger partial charge in [0.25, 0.3) is 0 Å². The van der Waals surface area contributed by atoms with E-state index in [1.165, 1.54) is 0 Å². The second-order valence-corrected chi connectivity index (χ2v) is 2.57. The van der Waals surface area contributed by atoms with Gasteiger partial charge in [0.15, 0.2) is 0 Å². The summed E-state index contributed by atoms with van der Waals surface area (Å²) in [6.45, 7) is 0. The monoisotopic (exact) mass is 165 g/mol. The number of aliphatic hydroxyl groups is 1. The second-order valence-electron chi connectivity index (χ2n) is 2.57. The van der Waals surface area contributed by atoms with Gasteiger partial charge in [-0.25, -0.2) is 0 Å². The van der Waals surface area contributed by atoms with Gasteiger partial charge in [-0.05, 0) is 5.56 Å². The third-order valence-electron chi connectivity index (χ3n) is 1.66. The molecule has 0 amide bonds. The third-order valence-corrected chi connectivity index (χ3v) is 1.66. The van der Waals surface area contributed by atoms with Gasteiger partial charge in [-0.15, -0.1) is 0 Å². The first kappa shape index (κ1) is 8.90. The van der Waals surface area contributed by atoms with Gasteiger partial charge in [0.1, 0.15) is 12.4 Å². The number of benzene rings is 1. The lowest BCUT2D eigenvalue weighted by molar-refractivity contribution is -0.111. The van der Waals surface area contributed by atoms with E-state index in [1.807, 2.05) is 6.07 Å². The number of aldehydes is 1. The minimum Gasteiger partial charge on any atom is -0.386 e. The maximum atomic E-state index is 10.2. The molecule has 3 nitrogen and oxygen atoms in total. The Bertz CT molecular complexity index is 248. The Hall–Kier alpha value is -1.19. The highest BCUT2D eigenvalue weighted by Crippen LogP contribution is 2.13. The number of nitrogens with two attached hydrogens (primary N) is 1. The van der Waals surface area contributed by atoms with Crippen LogP contribution in [0.2, 0.25) is 0 Å². The lowest BCUT2D eigenvalue weighted by atomic mass is 10.0. The standard InChI is InChI=1S/C9H11NO2/c10-8(6-11)9(12)7-4-2-1-3-5-7/h1-6,8-9,12H,10H2/t8-,9?/m1/s1. The summed E-state index contributed by atoms with van der Waals surface area (Å²) in [6, 6.07) is 8.03. The normalized spacial score (nSPS) is 15.2. The highest BCUT2D eigenvalue weighted by molar-refractivity contribution is 5.58. The summed E-state index contributed by atoms with van der Waals surface area (Å²) in [5.41, 5.74) is 5.99. The Morgan fingerprint density at radius 2 is 1.92 bits per heavy atom. The first-order valence-electron chi connectivity index (χ1n) is 3.69. The van der Waals surface area contributed by atoms with Crippen molar-refractivity contribution in [3.05, 3.63) is 35.9 Å². The van der Waals surface area contributed by atoms with Crippen molar-refractivity contribution in [3.8, 4) is 0 Å². The number of rotatable bonds is 3. The molecule has 3 N–H and O–H groups in total. The van der Waals surface area contributed by atoms with Crippen LogP contribution in [0.1, 0.15) is 11.7 Å². The van der Waals surface area contributed by atoms with Crippen molar-refractivity contribution < 1.29 is 9.90 Å². The van der Waals surface area contributed by atoms with E-state index in [2.05, 4.69) is 0 Å². The molecular weight excluding hydrogens is 154 g/mol. The Labute approximate surface area is 70.8 Å². The minimum atomic E-state index is -0.899. The fraction of sp³-hybridized carbons (Fsp3) is 0.222. The highest BCUT2D eigenvalue weighted by atomic mass is 16.3. The number of hydrogen-bond donors (Lipinski definition) is 2.